The fourth-order valence-electron chi connectivity index (χ4n) is 1.58. The monoisotopic (exact) mass is 252 g/mol. The zero-order valence-corrected chi connectivity index (χ0v) is 10.2. The van der Waals surface area contributed by atoms with Crippen molar-refractivity contribution in [1.29, 1.82) is 0 Å². The van der Waals surface area contributed by atoms with Gasteiger partial charge in [0.2, 0.25) is 0 Å². The Balaban J connectivity index is 2.22. The molecule has 8 nitrogen and oxygen atoms in total. The van der Waals surface area contributed by atoms with E-state index in [1.807, 2.05) is 0 Å². The van der Waals surface area contributed by atoms with E-state index in [0.29, 0.717) is 23.8 Å². The van der Waals surface area contributed by atoms with Crippen LogP contribution in [0.5, 0.6) is 0 Å². The van der Waals surface area contributed by atoms with Crippen LogP contribution >= 0.6 is 0 Å². The molecular formula is C10H16N6O2. The summed E-state index contributed by atoms with van der Waals surface area (Å²) in [5, 5.41) is 18.5. The molecule has 0 aliphatic rings. The average molecular weight is 252 g/mol. The van der Waals surface area contributed by atoms with Crippen LogP contribution in [0.25, 0.3) is 5.65 Å². The second-order valence-corrected chi connectivity index (χ2v) is 4.20. The summed E-state index contributed by atoms with van der Waals surface area (Å²) in [4.78, 5) is 15.6. The first-order valence-electron chi connectivity index (χ1n) is 5.61. The Morgan fingerprint density at radius 3 is 3.06 bits per heavy atom. The molecule has 2 heterocycles. The molecule has 0 spiro atoms. The van der Waals surface area contributed by atoms with Gasteiger partial charge < -0.3 is 16.2 Å². The van der Waals surface area contributed by atoms with Gasteiger partial charge >= 0.3 is 5.69 Å². The molecule has 0 saturated heterocycles. The third-order valence-electron chi connectivity index (χ3n) is 2.71. The maximum atomic E-state index is 11.4. The van der Waals surface area contributed by atoms with Crippen LogP contribution in [0.3, 0.4) is 0 Å². The van der Waals surface area contributed by atoms with Crippen molar-refractivity contribution in [3.63, 3.8) is 0 Å². The topological polar surface area (TPSA) is 121 Å². The molecule has 0 bridgehead atoms. The Bertz CT molecular complexity index is 602. The van der Waals surface area contributed by atoms with Crippen LogP contribution in [0, 0.1) is 6.92 Å². The van der Waals surface area contributed by atoms with E-state index in [1.165, 1.54) is 4.40 Å². The van der Waals surface area contributed by atoms with Crippen LogP contribution in [0.15, 0.2) is 10.9 Å². The van der Waals surface area contributed by atoms with Gasteiger partial charge in [-0.15, -0.1) is 0 Å². The Morgan fingerprint density at radius 1 is 1.67 bits per heavy atom. The van der Waals surface area contributed by atoms with Crippen LogP contribution in [-0.4, -0.2) is 43.4 Å². The highest BCUT2D eigenvalue weighted by Gasteiger charge is 2.10. The highest BCUT2D eigenvalue weighted by molar-refractivity contribution is 5.49. The summed E-state index contributed by atoms with van der Waals surface area (Å²) >= 11 is 0. The molecule has 2 unspecified atom stereocenters. The van der Waals surface area contributed by atoms with E-state index in [-0.39, 0.29) is 11.7 Å². The summed E-state index contributed by atoms with van der Waals surface area (Å²) in [6.07, 6.45) is -0.602. The smallest absolute Gasteiger partial charge is 0.349 e. The molecule has 0 saturated carbocycles. The summed E-state index contributed by atoms with van der Waals surface area (Å²) in [7, 11) is 0. The lowest BCUT2D eigenvalue weighted by Crippen LogP contribution is -2.38. The molecule has 0 aliphatic carbocycles. The Labute approximate surface area is 103 Å². The zero-order valence-electron chi connectivity index (χ0n) is 10.2. The standard InChI is InChI=1S/C10H16N6O2/c1-5(17)7(11)4-12-8-3-9-14-15-10(18)16(9)6(2)13-8/h3,5,7,12,17H,4,11H2,1-2H3,(H,15,18). The molecule has 18 heavy (non-hydrogen) atoms. The summed E-state index contributed by atoms with van der Waals surface area (Å²) in [6.45, 7) is 3.72. The van der Waals surface area contributed by atoms with E-state index in [4.69, 9.17) is 5.73 Å². The number of aromatic amines is 1. The first-order valence-corrected chi connectivity index (χ1v) is 5.61. The van der Waals surface area contributed by atoms with E-state index < -0.39 is 6.10 Å². The first-order chi connectivity index (χ1) is 8.49. The van der Waals surface area contributed by atoms with Crippen molar-refractivity contribution in [1.82, 2.24) is 19.6 Å². The number of nitrogens with two attached hydrogens (primary N) is 1. The summed E-state index contributed by atoms with van der Waals surface area (Å²) in [5.74, 6) is 1.09. The second kappa shape index (κ2) is 4.75. The van der Waals surface area contributed by atoms with Gasteiger partial charge in [-0.25, -0.2) is 19.3 Å². The summed E-state index contributed by atoms with van der Waals surface area (Å²) in [5.41, 5.74) is 5.87. The average Bonchev–Trinajstić information content (AvgIpc) is 2.68. The third kappa shape index (κ3) is 2.34. The molecule has 2 aromatic rings. The van der Waals surface area contributed by atoms with Crippen molar-refractivity contribution >= 4 is 11.5 Å². The maximum absolute atomic E-state index is 11.4. The SMILES string of the molecule is Cc1nc(NCC(N)C(C)O)cc2n[nH]c(=O)n12. The molecule has 0 amide bonds. The van der Waals surface area contributed by atoms with Gasteiger partial charge in [-0.2, -0.15) is 5.10 Å². The van der Waals surface area contributed by atoms with Gasteiger partial charge in [0.25, 0.3) is 0 Å². The number of aliphatic hydroxyl groups is 1. The van der Waals surface area contributed by atoms with Crippen molar-refractivity contribution < 1.29 is 5.11 Å². The first kappa shape index (κ1) is 12.5. The van der Waals surface area contributed by atoms with Crippen LogP contribution in [0.2, 0.25) is 0 Å². The fraction of sp³-hybridized carbons (Fsp3) is 0.500. The number of rotatable bonds is 4. The van der Waals surface area contributed by atoms with Crippen molar-refractivity contribution in [3.05, 3.63) is 22.4 Å². The zero-order chi connectivity index (χ0) is 13.3. The molecule has 5 N–H and O–H groups in total. The number of anilines is 1. The molecule has 2 rings (SSSR count). The minimum Gasteiger partial charge on any atom is -0.392 e. The molecule has 2 atom stereocenters. The lowest BCUT2D eigenvalue weighted by atomic mass is 10.2. The Kier molecular flexibility index (Phi) is 3.30. The predicted octanol–water partition coefficient (Wildman–Crippen LogP) is -1.15. The van der Waals surface area contributed by atoms with E-state index in [0.717, 1.165) is 0 Å². The van der Waals surface area contributed by atoms with Crippen molar-refractivity contribution in [2.24, 2.45) is 5.73 Å². The number of aromatic nitrogens is 4. The fourth-order valence-corrected chi connectivity index (χ4v) is 1.58. The van der Waals surface area contributed by atoms with Gasteiger partial charge in [0.1, 0.15) is 11.6 Å². The van der Waals surface area contributed by atoms with Crippen molar-refractivity contribution in [3.8, 4) is 0 Å². The molecule has 0 aromatic carbocycles. The van der Waals surface area contributed by atoms with E-state index in [1.54, 1.807) is 19.9 Å². The highest BCUT2D eigenvalue weighted by Crippen LogP contribution is 2.07. The predicted molar refractivity (Wildman–Crippen MR) is 66.5 cm³/mol. The van der Waals surface area contributed by atoms with Gasteiger partial charge in [0.15, 0.2) is 5.65 Å². The Morgan fingerprint density at radius 2 is 2.39 bits per heavy atom. The van der Waals surface area contributed by atoms with Gasteiger partial charge in [-0.1, -0.05) is 0 Å². The summed E-state index contributed by atoms with van der Waals surface area (Å²) < 4.78 is 1.37. The van der Waals surface area contributed by atoms with Gasteiger partial charge in [0.05, 0.1) is 6.10 Å². The number of aliphatic hydroxyl groups excluding tert-OH is 1. The molecule has 2 aromatic heterocycles. The Hall–Kier alpha value is -1.93. The number of hydrogen-bond acceptors (Lipinski definition) is 6. The lowest BCUT2D eigenvalue weighted by Gasteiger charge is -2.15. The van der Waals surface area contributed by atoms with Gasteiger partial charge in [-0.3, -0.25) is 0 Å². The van der Waals surface area contributed by atoms with Crippen LogP contribution in [-0.2, 0) is 0 Å². The minimum atomic E-state index is -0.602. The minimum absolute atomic E-state index is 0.317. The number of aryl methyl sites for hydroxylation is 1. The third-order valence-corrected chi connectivity index (χ3v) is 2.71. The molecule has 0 radical (unpaired) electrons. The number of fused-ring (bicyclic) bond motifs is 1. The van der Waals surface area contributed by atoms with E-state index in [2.05, 4.69) is 20.5 Å². The second-order valence-electron chi connectivity index (χ2n) is 4.20. The van der Waals surface area contributed by atoms with E-state index >= 15 is 0 Å². The molecule has 0 aliphatic heterocycles. The molecule has 98 valence electrons. The maximum Gasteiger partial charge on any atom is 0.349 e. The highest BCUT2D eigenvalue weighted by atomic mass is 16.3. The van der Waals surface area contributed by atoms with Gasteiger partial charge in [0, 0.05) is 18.7 Å². The van der Waals surface area contributed by atoms with Crippen molar-refractivity contribution in [2.75, 3.05) is 11.9 Å². The van der Waals surface area contributed by atoms with Crippen LogP contribution in [0.4, 0.5) is 5.82 Å². The van der Waals surface area contributed by atoms with Crippen LogP contribution in [0.1, 0.15) is 12.7 Å². The molecule has 8 heteroatoms. The quantitative estimate of drug-likeness (QED) is 0.545. The van der Waals surface area contributed by atoms with Crippen molar-refractivity contribution in [2.45, 2.75) is 26.0 Å². The number of H-pyrrole nitrogens is 1. The normalized spacial score (nSPS) is 14.7. The number of hydrogen-bond donors (Lipinski definition) is 4. The largest absolute Gasteiger partial charge is 0.392 e. The lowest BCUT2D eigenvalue weighted by molar-refractivity contribution is 0.168. The summed E-state index contributed by atoms with van der Waals surface area (Å²) in [6, 6.07) is 1.25. The number of nitrogens with one attached hydrogen (secondary N) is 2. The van der Waals surface area contributed by atoms with Crippen LogP contribution < -0.4 is 16.7 Å². The van der Waals surface area contributed by atoms with Gasteiger partial charge in [-0.05, 0) is 13.8 Å². The molecule has 0 fully saturated rings. The molecular weight excluding hydrogens is 236 g/mol. The van der Waals surface area contributed by atoms with E-state index in [9.17, 15) is 9.90 Å². The number of nitrogens with zero attached hydrogens (tertiary/aromatic N) is 3.